The Labute approximate surface area is 213 Å². The van der Waals surface area contributed by atoms with E-state index in [1.54, 1.807) is 24.7 Å². The summed E-state index contributed by atoms with van der Waals surface area (Å²) in [6.45, 7) is 2.71. The summed E-state index contributed by atoms with van der Waals surface area (Å²) in [5, 5.41) is 23.0. The third-order valence-electron chi connectivity index (χ3n) is 6.38. The zero-order valence-corrected chi connectivity index (χ0v) is 20.7. The quantitative estimate of drug-likeness (QED) is 0.270. The number of aryl methyl sites for hydroxylation is 1. The van der Waals surface area contributed by atoms with Crippen molar-refractivity contribution in [3.63, 3.8) is 0 Å². The molecule has 0 atom stereocenters. The molecule has 4 heterocycles. The third-order valence-corrected chi connectivity index (χ3v) is 6.38. The van der Waals surface area contributed by atoms with Gasteiger partial charge in [0.05, 0.1) is 35.7 Å². The number of hydrogen-bond donors (Lipinski definition) is 3. The molecule has 0 spiro atoms. The van der Waals surface area contributed by atoms with E-state index in [9.17, 15) is 4.79 Å². The number of aliphatic hydroxyl groups excluding tert-OH is 1. The Morgan fingerprint density at radius 2 is 2.08 bits per heavy atom. The van der Waals surface area contributed by atoms with Crippen molar-refractivity contribution in [2.45, 2.75) is 58.0 Å². The molecule has 194 valence electrons. The molecule has 37 heavy (non-hydrogen) atoms. The maximum Gasteiger partial charge on any atom is 0.323 e. The van der Waals surface area contributed by atoms with Crippen molar-refractivity contribution in [1.82, 2.24) is 29.7 Å². The van der Waals surface area contributed by atoms with Crippen LogP contribution < -0.4 is 10.6 Å². The summed E-state index contributed by atoms with van der Waals surface area (Å²) in [7, 11) is 0. The van der Waals surface area contributed by atoms with Crippen LogP contribution in [-0.2, 0) is 11.3 Å². The molecule has 0 aromatic carbocycles. The lowest BCUT2D eigenvalue weighted by Crippen LogP contribution is -2.22. The summed E-state index contributed by atoms with van der Waals surface area (Å²) in [5.74, 6) is 1.03. The fraction of sp³-hybridized carbons (Fsp3) is 0.440. The number of aromatic nitrogens is 6. The van der Waals surface area contributed by atoms with E-state index < -0.39 is 0 Å². The van der Waals surface area contributed by atoms with E-state index in [1.807, 2.05) is 17.5 Å². The van der Waals surface area contributed by atoms with E-state index in [4.69, 9.17) is 14.4 Å². The Bertz CT molecular complexity index is 1360. The van der Waals surface area contributed by atoms with Gasteiger partial charge >= 0.3 is 6.03 Å². The number of pyridine rings is 1. The molecule has 4 aromatic heterocycles. The van der Waals surface area contributed by atoms with Crippen LogP contribution in [0.2, 0.25) is 0 Å². The van der Waals surface area contributed by atoms with Crippen molar-refractivity contribution in [2.75, 3.05) is 23.8 Å². The first-order valence-corrected chi connectivity index (χ1v) is 12.5. The average Bonchev–Trinajstić information content (AvgIpc) is 3.66. The Morgan fingerprint density at radius 3 is 2.89 bits per heavy atom. The van der Waals surface area contributed by atoms with Gasteiger partial charge in [-0.25, -0.2) is 14.3 Å². The summed E-state index contributed by atoms with van der Waals surface area (Å²) < 4.78 is 12.6. The predicted molar refractivity (Wildman–Crippen MR) is 135 cm³/mol. The molecule has 0 radical (unpaired) electrons. The third kappa shape index (κ3) is 5.75. The monoisotopic (exact) mass is 506 g/mol. The number of ether oxygens (including phenoxy) is 1. The maximum atomic E-state index is 12.9. The first-order chi connectivity index (χ1) is 18.1. The van der Waals surface area contributed by atoms with Crippen molar-refractivity contribution < 1.29 is 19.2 Å². The Balaban J connectivity index is 1.24. The van der Waals surface area contributed by atoms with Crippen LogP contribution in [-0.4, -0.2) is 54.1 Å². The van der Waals surface area contributed by atoms with Gasteiger partial charge < -0.3 is 25.0 Å². The fourth-order valence-corrected chi connectivity index (χ4v) is 4.63. The highest BCUT2D eigenvalue weighted by atomic mass is 16.5. The molecule has 3 N–H and O–H groups in total. The van der Waals surface area contributed by atoms with Gasteiger partial charge in [-0.3, -0.25) is 4.98 Å². The number of fused-ring (bicyclic) bond motifs is 1. The van der Waals surface area contributed by atoms with Gasteiger partial charge in [0, 0.05) is 25.2 Å². The number of rotatable bonds is 10. The predicted octanol–water partition coefficient (Wildman–Crippen LogP) is 4.07. The summed E-state index contributed by atoms with van der Waals surface area (Å²) in [6.07, 6.45) is 10.9. The minimum Gasteiger partial charge on any atom is -0.396 e. The largest absolute Gasteiger partial charge is 0.396 e. The van der Waals surface area contributed by atoms with E-state index in [0.717, 1.165) is 49.0 Å². The molecule has 5 rings (SSSR count). The normalized spacial score (nSPS) is 13.9. The molecular formula is C25H30N8O4. The number of carbonyl (C=O) groups is 1. The lowest BCUT2D eigenvalue weighted by molar-refractivity contribution is 0.0913. The second kappa shape index (κ2) is 11.4. The van der Waals surface area contributed by atoms with Gasteiger partial charge in [0.15, 0.2) is 5.65 Å². The molecule has 0 bridgehead atoms. The van der Waals surface area contributed by atoms with Gasteiger partial charge in [-0.1, -0.05) is 18.0 Å². The fourth-order valence-electron chi connectivity index (χ4n) is 4.63. The molecule has 1 aliphatic carbocycles. The van der Waals surface area contributed by atoms with Crippen LogP contribution in [0.3, 0.4) is 0 Å². The minimum atomic E-state index is -0.387. The smallest absolute Gasteiger partial charge is 0.323 e. The van der Waals surface area contributed by atoms with E-state index in [2.05, 4.69) is 35.8 Å². The van der Waals surface area contributed by atoms with E-state index in [1.165, 1.54) is 0 Å². The molecule has 2 amide bonds. The van der Waals surface area contributed by atoms with Gasteiger partial charge in [0.1, 0.15) is 12.3 Å². The van der Waals surface area contributed by atoms with Crippen LogP contribution in [0.15, 0.2) is 35.2 Å². The SMILES string of the molecule is Cc1cc(NC(=O)Nc2cnc3ccnn3c2C2CCCC2)cnc1-c1noc(COCCCCO)n1. The molecular weight excluding hydrogens is 476 g/mol. The Hall–Kier alpha value is -3.90. The van der Waals surface area contributed by atoms with Gasteiger partial charge in [0.2, 0.25) is 5.82 Å². The maximum absolute atomic E-state index is 12.9. The van der Waals surface area contributed by atoms with Crippen molar-refractivity contribution in [1.29, 1.82) is 0 Å². The number of aliphatic hydroxyl groups is 1. The lowest BCUT2D eigenvalue weighted by Gasteiger charge is -2.17. The van der Waals surface area contributed by atoms with Crippen molar-refractivity contribution in [3.05, 3.63) is 47.9 Å². The van der Waals surface area contributed by atoms with Gasteiger partial charge in [-0.2, -0.15) is 10.1 Å². The van der Waals surface area contributed by atoms with Gasteiger partial charge in [0.25, 0.3) is 5.89 Å². The molecule has 12 heteroatoms. The molecule has 1 fully saturated rings. The number of anilines is 2. The number of nitrogens with zero attached hydrogens (tertiary/aromatic N) is 6. The van der Waals surface area contributed by atoms with Crippen LogP contribution in [0.1, 0.15) is 61.6 Å². The molecule has 4 aromatic rings. The average molecular weight is 507 g/mol. The summed E-state index contributed by atoms with van der Waals surface area (Å²) >= 11 is 0. The Morgan fingerprint density at radius 1 is 1.22 bits per heavy atom. The second-order valence-corrected chi connectivity index (χ2v) is 9.10. The zero-order chi connectivity index (χ0) is 25.6. The molecule has 12 nitrogen and oxygen atoms in total. The number of nitrogens with one attached hydrogen (secondary N) is 2. The van der Waals surface area contributed by atoms with Crippen LogP contribution in [0, 0.1) is 6.92 Å². The molecule has 0 unspecified atom stereocenters. The zero-order valence-electron chi connectivity index (χ0n) is 20.7. The van der Waals surface area contributed by atoms with Gasteiger partial charge in [-0.05, 0) is 44.2 Å². The number of urea groups is 1. The van der Waals surface area contributed by atoms with Crippen LogP contribution in [0.4, 0.5) is 16.2 Å². The van der Waals surface area contributed by atoms with Crippen molar-refractivity contribution >= 4 is 23.1 Å². The van der Waals surface area contributed by atoms with Crippen molar-refractivity contribution in [2.24, 2.45) is 0 Å². The highest BCUT2D eigenvalue weighted by molar-refractivity contribution is 6.00. The highest BCUT2D eigenvalue weighted by Gasteiger charge is 2.24. The number of carbonyl (C=O) groups excluding carboxylic acids is 1. The van der Waals surface area contributed by atoms with Crippen LogP contribution in [0.25, 0.3) is 17.2 Å². The van der Waals surface area contributed by atoms with E-state index >= 15 is 0 Å². The van der Waals surface area contributed by atoms with Crippen LogP contribution >= 0.6 is 0 Å². The lowest BCUT2D eigenvalue weighted by atomic mass is 10.0. The second-order valence-electron chi connectivity index (χ2n) is 9.10. The number of amides is 2. The molecule has 0 saturated heterocycles. The number of hydrogen-bond acceptors (Lipinski definition) is 9. The standard InChI is InChI=1S/C25H30N8O4/c1-16-12-18(13-27-22(16)24-31-21(37-32-24)15-36-11-5-4-10-34)29-25(35)30-19-14-26-20-8-9-28-33(20)23(19)17-6-2-3-7-17/h8-9,12-14,17,34H,2-7,10-11,15H2,1H3,(H2,29,30,35). The topological polar surface area (TPSA) is 153 Å². The molecule has 0 aliphatic heterocycles. The highest BCUT2D eigenvalue weighted by Crippen LogP contribution is 2.37. The first-order valence-electron chi connectivity index (χ1n) is 12.5. The first kappa shape index (κ1) is 24.8. The van der Waals surface area contributed by atoms with Gasteiger partial charge in [-0.15, -0.1) is 0 Å². The van der Waals surface area contributed by atoms with Crippen molar-refractivity contribution in [3.8, 4) is 11.5 Å². The van der Waals surface area contributed by atoms with Crippen LogP contribution in [0.5, 0.6) is 0 Å². The molecule has 1 aliphatic rings. The van der Waals surface area contributed by atoms with E-state index in [-0.39, 0.29) is 19.2 Å². The molecule has 1 saturated carbocycles. The Kier molecular flexibility index (Phi) is 7.66. The minimum absolute atomic E-state index is 0.144. The summed E-state index contributed by atoms with van der Waals surface area (Å²) in [5.41, 5.74) is 4.27. The summed E-state index contributed by atoms with van der Waals surface area (Å²) in [6, 6.07) is 3.27. The van der Waals surface area contributed by atoms with E-state index in [0.29, 0.717) is 47.7 Å². The number of unbranched alkanes of at least 4 members (excludes halogenated alkanes) is 1. The summed E-state index contributed by atoms with van der Waals surface area (Å²) in [4.78, 5) is 26.1.